The molecule has 1 fully saturated rings. The van der Waals surface area contributed by atoms with Gasteiger partial charge in [0, 0.05) is 43.6 Å². The molecule has 2 aromatic rings. The zero-order valence-corrected chi connectivity index (χ0v) is 15.3. The standard InChI is InChI=1S/C19H25N5O2/c1-3-23(4-2)16-7-5-15(6-8-16)22-18-13-17(20-14-21-18)19(25)24-9-11-26-12-10-24/h5-8,13-14H,3-4,9-12H2,1-2H3,(H,20,21,22). The highest BCUT2D eigenvalue weighted by atomic mass is 16.5. The van der Waals surface area contributed by atoms with Crippen molar-refractivity contribution in [1.29, 1.82) is 0 Å². The van der Waals surface area contributed by atoms with E-state index in [4.69, 9.17) is 4.74 Å². The second-order valence-electron chi connectivity index (χ2n) is 6.04. The first-order valence-corrected chi connectivity index (χ1v) is 9.02. The van der Waals surface area contributed by atoms with Gasteiger partial charge in [0.25, 0.3) is 5.91 Å². The lowest BCUT2D eigenvalue weighted by Gasteiger charge is -2.26. The van der Waals surface area contributed by atoms with E-state index < -0.39 is 0 Å². The summed E-state index contributed by atoms with van der Waals surface area (Å²) in [5.41, 5.74) is 2.50. The number of ether oxygens (including phenoxy) is 1. The molecule has 2 heterocycles. The summed E-state index contributed by atoms with van der Waals surface area (Å²) in [6, 6.07) is 9.88. The van der Waals surface area contributed by atoms with Crippen LogP contribution < -0.4 is 10.2 Å². The van der Waals surface area contributed by atoms with Crippen molar-refractivity contribution in [2.75, 3.05) is 49.6 Å². The number of aromatic nitrogens is 2. The Balaban J connectivity index is 1.69. The summed E-state index contributed by atoms with van der Waals surface area (Å²) in [7, 11) is 0. The van der Waals surface area contributed by atoms with Gasteiger partial charge in [-0.05, 0) is 38.1 Å². The minimum Gasteiger partial charge on any atom is -0.378 e. The Morgan fingerprint density at radius 3 is 2.50 bits per heavy atom. The topological polar surface area (TPSA) is 70.6 Å². The molecule has 0 spiro atoms. The molecule has 3 rings (SSSR count). The number of nitrogens with zero attached hydrogens (tertiary/aromatic N) is 4. The lowest BCUT2D eigenvalue weighted by molar-refractivity contribution is 0.0299. The van der Waals surface area contributed by atoms with E-state index in [1.54, 1.807) is 11.0 Å². The first kappa shape index (κ1) is 18.1. The average molecular weight is 355 g/mol. The van der Waals surface area contributed by atoms with Gasteiger partial charge in [0.2, 0.25) is 0 Å². The maximum atomic E-state index is 12.5. The van der Waals surface area contributed by atoms with Gasteiger partial charge in [-0.1, -0.05) is 0 Å². The molecular weight excluding hydrogens is 330 g/mol. The molecule has 0 bridgehead atoms. The molecule has 1 N–H and O–H groups in total. The Bertz CT molecular complexity index is 725. The van der Waals surface area contributed by atoms with Crippen LogP contribution in [0.4, 0.5) is 17.2 Å². The van der Waals surface area contributed by atoms with Crippen molar-refractivity contribution in [2.45, 2.75) is 13.8 Å². The maximum absolute atomic E-state index is 12.5. The van der Waals surface area contributed by atoms with Gasteiger partial charge >= 0.3 is 0 Å². The Morgan fingerprint density at radius 1 is 1.15 bits per heavy atom. The van der Waals surface area contributed by atoms with Crippen LogP contribution in [-0.2, 0) is 4.74 Å². The quantitative estimate of drug-likeness (QED) is 0.859. The van der Waals surface area contributed by atoms with E-state index >= 15 is 0 Å². The summed E-state index contributed by atoms with van der Waals surface area (Å²) in [6.07, 6.45) is 1.42. The van der Waals surface area contributed by atoms with Crippen molar-refractivity contribution in [2.24, 2.45) is 0 Å². The number of benzene rings is 1. The van der Waals surface area contributed by atoms with Crippen LogP contribution in [0.5, 0.6) is 0 Å². The van der Waals surface area contributed by atoms with Gasteiger partial charge in [0.05, 0.1) is 13.2 Å². The van der Waals surface area contributed by atoms with Crippen LogP contribution in [0.2, 0.25) is 0 Å². The summed E-state index contributed by atoms with van der Waals surface area (Å²) in [5, 5.41) is 3.24. The van der Waals surface area contributed by atoms with Crippen LogP contribution >= 0.6 is 0 Å². The Morgan fingerprint density at radius 2 is 1.85 bits per heavy atom. The van der Waals surface area contributed by atoms with E-state index in [0.717, 1.165) is 18.8 Å². The summed E-state index contributed by atoms with van der Waals surface area (Å²) in [5.74, 6) is 0.517. The lowest BCUT2D eigenvalue weighted by atomic mass is 10.2. The van der Waals surface area contributed by atoms with E-state index in [2.05, 4.69) is 46.2 Å². The molecule has 7 nitrogen and oxygen atoms in total. The number of morpholine rings is 1. The number of anilines is 3. The zero-order valence-electron chi connectivity index (χ0n) is 15.3. The zero-order chi connectivity index (χ0) is 18.4. The molecule has 0 unspecified atom stereocenters. The molecule has 1 amide bonds. The van der Waals surface area contributed by atoms with E-state index in [0.29, 0.717) is 37.8 Å². The summed E-state index contributed by atoms with van der Waals surface area (Å²) >= 11 is 0. The minimum absolute atomic E-state index is 0.0874. The molecule has 0 aliphatic carbocycles. The first-order valence-electron chi connectivity index (χ1n) is 9.02. The molecule has 1 aliphatic rings. The SMILES string of the molecule is CCN(CC)c1ccc(Nc2cc(C(=O)N3CCOCC3)ncn2)cc1. The second-order valence-corrected chi connectivity index (χ2v) is 6.04. The Labute approximate surface area is 154 Å². The minimum atomic E-state index is -0.0874. The van der Waals surface area contributed by atoms with Gasteiger partial charge in [-0.25, -0.2) is 9.97 Å². The predicted molar refractivity (Wildman–Crippen MR) is 102 cm³/mol. The number of hydrogen-bond acceptors (Lipinski definition) is 6. The number of carbonyl (C=O) groups excluding carboxylic acids is 1. The number of carbonyl (C=O) groups is 1. The number of hydrogen-bond donors (Lipinski definition) is 1. The fourth-order valence-electron chi connectivity index (χ4n) is 2.96. The average Bonchev–Trinajstić information content (AvgIpc) is 2.70. The highest BCUT2D eigenvalue weighted by molar-refractivity contribution is 5.93. The molecular formula is C19H25N5O2. The van der Waals surface area contributed by atoms with Gasteiger partial charge in [0.1, 0.15) is 17.8 Å². The fourth-order valence-corrected chi connectivity index (χ4v) is 2.96. The van der Waals surface area contributed by atoms with Crippen molar-refractivity contribution in [1.82, 2.24) is 14.9 Å². The van der Waals surface area contributed by atoms with E-state index in [-0.39, 0.29) is 5.91 Å². The van der Waals surface area contributed by atoms with Crippen LogP contribution in [0.1, 0.15) is 24.3 Å². The molecule has 0 atom stereocenters. The van der Waals surface area contributed by atoms with Crippen LogP contribution in [0.15, 0.2) is 36.7 Å². The molecule has 138 valence electrons. The molecule has 0 radical (unpaired) electrons. The summed E-state index contributed by atoms with van der Waals surface area (Å²) in [4.78, 5) is 24.9. The van der Waals surface area contributed by atoms with Crippen molar-refractivity contribution in [3.8, 4) is 0 Å². The van der Waals surface area contributed by atoms with E-state index in [9.17, 15) is 4.79 Å². The third-order valence-corrected chi connectivity index (χ3v) is 4.45. The second kappa shape index (κ2) is 8.62. The van der Waals surface area contributed by atoms with Crippen molar-refractivity contribution in [3.05, 3.63) is 42.4 Å². The monoisotopic (exact) mass is 355 g/mol. The summed E-state index contributed by atoms with van der Waals surface area (Å²) in [6.45, 7) is 8.57. The predicted octanol–water partition coefficient (Wildman–Crippen LogP) is 2.54. The molecule has 26 heavy (non-hydrogen) atoms. The molecule has 1 saturated heterocycles. The van der Waals surface area contributed by atoms with Crippen molar-refractivity contribution in [3.63, 3.8) is 0 Å². The number of nitrogens with one attached hydrogen (secondary N) is 1. The number of rotatable bonds is 6. The van der Waals surface area contributed by atoms with Gasteiger partial charge in [-0.2, -0.15) is 0 Å². The van der Waals surface area contributed by atoms with Crippen molar-refractivity contribution >= 4 is 23.1 Å². The Hall–Kier alpha value is -2.67. The van der Waals surface area contributed by atoms with Gasteiger partial charge in [0.15, 0.2) is 0 Å². The van der Waals surface area contributed by atoms with Gasteiger partial charge < -0.3 is 19.9 Å². The third kappa shape index (κ3) is 4.29. The van der Waals surface area contributed by atoms with Gasteiger partial charge in [-0.3, -0.25) is 4.79 Å². The molecule has 1 aromatic heterocycles. The van der Waals surface area contributed by atoms with Crippen LogP contribution in [0, 0.1) is 0 Å². The van der Waals surface area contributed by atoms with E-state index in [1.807, 2.05) is 12.1 Å². The molecule has 1 aliphatic heterocycles. The number of amides is 1. The smallest absolute Gasteiger partial charge is 0.272 e. The highest BCUT2D eigenvalue weighted by Gasteiger charge is 2.20. The normalized spacial score (nSPS) is 14.2. The molecule has 0 saturated carbocycles. The Kier molecular flexibility index (Phi) is 6.01. The first-order chi connectivity index (χ1) is 12.7. The summed E-state index contributed by atoms with van der Waals surface area (Å²) < 4.78 is 5.29. The van der Waals surface area contributed by atoms with E-state index in [1.165, 1.54) is 12.0 Å². The molecule has 7 heteroatoms. The maximum Gasteiger partial charge on any atom is 0.272 e. The van der Waals surface area contributed by atoms with Crippen LogP contribution in [0.3, 0.4) is 0 Å². The molecule has 1 aromatic carbocycles. The lowest BCUT2D eigenvalue weighted by Crippen LogP contribution is -2.41. The van der Waals surface area contributed by atoms with Crippen LogP contribution in [-0.4, -0.2) is 60.2 Å². The third-order valence-electron chi connectivity index (χ3n) is 4.45. The largest absolute Gasteiger partial charge is 0.378 e. The highest BCUT2D eigenvalue weighted by Crippen LogP contribution is 2.20. The van der Waals surface area contributed by atoms with Gasteiger partial charge in [-0.15, -0.1) is 0 Å². The van der Waals surface area contributed by atoms with Crippen LogP contribution in [0.25, 0.3) is 0 Å². The van der Waals surface area contributed by atoms with Crippen molar-refractivity contribution < 1.29 is 9.53 Å². The fraction of sp³-hybridized carbons (Fsp3) is 0.421.